The number of cyclic esters (lactones) is 1. The summed E-state index contributed by atoms with van der Waals surface area (Å²) in [6.45, 7) is 7.82. The number of esters is 1. The van der Waals surface area contributed by atoms with E-state index in [2.05, 4.69) is 31.9 Å². The molecule has 0 fully saturated rings. The van der Waals surface area contributed by atoms with Crippen LogP contribution in [-0.4, -0.2) is 27.3 Å². The van der Waals surface area contributed by atoms with Crippen molar-refractivity contribution in [3.63, 3.8) is 0 Å². The first-order valence-corrected chi connectivity index (χ1v) is 13.8. The van der Waals surface area contributed by atoms with E-state index in [0.29, 0.717) is 62.4 Å². The molecule has 0 atom stereocenters. The summed E-state index contributed by atoms with van der Waals surface area (Å²) < 4.78 is 7.34. The van der Waals surface area contributed by atoms with Crippen LogP contribution in [0.25, 0.3) is 0 Å². The maximum Gasteiger partial charge on any atom is 0.340 e. The zero-order valence-corrected chi connectivity index (χ0v) is 24.2. The molecule has 37 heavy (non-hydrogen) atoms. The van der Waals surface area contributed by atoms with Gasteiger partial charge in [0.1, 0.15) is 11.5 Å². The van der Waals surface area contributed by atoms with Gasteiger partial charge in [-0.3, -0.25) is 0 Å². The Balaban J connectivity index is 2.29. The number of fused-ring (bicyclic) bond motifs is 1. The van der Waals surface area contributed by atoms with Crippen molar-refractivity contribution in [1.82, 2.24) is 0 Å². The van der Waals surface area contributed by atoms with Crippen molar-refractivity contribution < 1.29 is 29.6 Å². The van der Waals surface area contributed by atoms with Crippen LogP contribution < -0.4 is 0 Å². The van der Waals surface area contributed by atoms with Crippen LogP contribution in [0.3, 0.4) is 0 Å². The van der Waals surface area contributed by atoms with Gasteiger partial charge in [0.15, 0.2) is 5.60 Å². The van der Waals surface area contributed by atoms with Gasteiger partial charge in [0, 0.05) is 14.5 Å². The van der Waals surface area contributed by atoms with Gasteiger partial charge in [-0.15, -0.1) is 0 Å². The number of carbonyl (C=O) groups excluding carboxylic acids is 1. The average Bonchev–Trinajstić information content (AvgIpc) is 3.16. The zero-order chi connectivity index (χ0) is 27.2. The first kappa shape index (κ1) is 27.2. The number of halogens is 2. The van der Waals surface area contributed by atoms with Crippen LogP contribution in [0.1, 0.15) is 87.4 Å². The van der Waals surface area contributed by atoms with E-state index in [1.807, 2.05) is 39.8 Å². The Morgan fingerprint density at radius 2 is 1.27 bits per heavy atom. The number of hydrogen-bond donors (Lipinski definition) is 3. The van der Waals surface area contributed by atoms with E-state index in [9.17, 15) is 24.9 Å². The van der Waals surface area contributed by atoms with E-state index < -0.39 is 17.5 Å². The molecule has 6 nitrogen and oxygen atoms in total. The van der Waals surface area contributed by atoms with Crippen molar-refractivity contribution in [1.29, 1.82) is 0 Å². The van der Waals surface area contributed by atoms with E-state index in [4.69, 9.17) is 4.74 Å². The lowest BCUT2D eigenvalue weighted by atomic mass is 9.76. The predicted octanol–water partition coefficient (Wildman–Crippen LogP) is 7.03. The van der Waals surface area contributed by atoms with Gasteiger partial charge in [-0.1, -0.05) is 45.9 Å². The minimum atomic E-state index is -1.75. The molecular weight excluding hydrogens is 604 g/mol. The molecule has 8 heteroatoms. The van der Waals surface area contributed by atoms with Crippen molar-refractivity contribution in [2.45, 2.75) is 59.0 Å². The van der Waals surface area contributed by atoms with Crippen LogP contribution in [0.2, 0.25) is 0 Å². The molecule has 0 bridgehead atoms. The third-order valence-corrected chi connectivity index (χ3v) is 8.93. The first-order chi connectivity index (χ1) is 17.6. The number of aryl methyl sites for hydroxylation is 4. The van der Waals surface area contributed by atoms with Gasteiger partial charge in [-0.25, -0.2) is 9.59 Å². The van der Waals surface area contributed by atoms with Crippen molar-refractivity contribution in [3.8, 4) is 11.5 Å². The molecule has 1 aliphatic rings. The molecule has 0 radical (unpaired) electrons. The maximum atomic E-state index is 13.5. The highest BCUT2D eigenvalue weighted by Gasteiger charge is 2.54. The fourth-order valence-corrected chi connectivity index (χ4v) is 6.85. The number of carboxylic acid groups (broad SMARTS) is 1. The highest BCUT2D eigenvalue weighted by molar-refractivity contribution is 9.11. The number of rotatable bonds is 7. The fourth-order valence-electron chi connectivity index (χ4n) is 5.13. The molecule has 0 unspecified atom stereocenters. The quantitative estimate of drug-likeness (QED) is 0.242. The number of phenolic OH excluding ortho intramolecular Hbond substituents is 2. The number of carbonyl (C=O) groups is 2. The summed E-state index contributed by atoms with van der Waals surface area (Å²) >= 11 is 7.37. The van der Waals surface area contributed by atoms with Crippen molar-refractivity contribution >= 4 is 43.8 Å². The van der Waals surface area contributed by atoms with Crippen LogP contribution in [0.15, 0.2) is 39.3 Å². The Hall–Kier alpha value is -2.84. The fraction of sp³-hybridized carbons (Fsp3) is 0.310. The summed E-state index contributed by atoms with van der Waals surface area (Å²) in [5.74, 6) is -2.03. The molecule has 194 valence electrons. The Bertz CT molecular complexity index is 1320. The largest absolute Gasteiger partial charge is 0.507 e. The van der Waals surface area contributed by atoms with E-state index in [0.717, 1.165) is 11.1 Å². The van der Waals surface area contributed by atoms with Gasteiger partial charge in [-0.2, -0.15) is 0 Å². The predicted molar refractivity (Wildman–Crippen MR) is 148 cm³/mol. The second-order valence-electron chi connectivity index (χ2n) is 9.02. The van der Waals surface area contributed by atoms with Crippen LogP contribution in [-0.2, 0) is 36.0 Å². The highest BCUT2D eigenvalue weighted by atomic mass is 79.9. The van der Waals surface area contributed by atoms with Crippen LogP contribution in [0.5, 0.6) is 11.5 Å². The molecule has 0 aromatic heterocycles. The second kappa shape index (κ2) is 10.1. The molecule has 0 spiro atoms. The molecule has 3 N–H and O–H groups in total. The summed E-state index contributed by atoms with van der Waals surface area (Å²) in [4.78, 5) is 25.2. The van der Waals surface area contributed by atoms with Crippen molar-refractivity contribution in [3.05, 3.63) is 89.3 Å². The molecule has 0 amide bonds. The number of aromatic hydroxyl groups is 2. The first-order valence-electron chi connectivity index (χ1n) is 12.3. The van der Waals surface area contributed by atoms with Crippen LogP contribution in [0, 0.1) is 0 Å². The third-order valence-electron chi connectivity index (χ3n) is 7.12. The van der Waals surface area contributed by atoms with Gasteiger partial charge in [-0.05, 0) is 91.9 Å². The maximum absolute atomic E-state index is 13.5. The van der Waals surface area contributed by atoms with E-state index in [1.54, 1.807) is 0 Å². The number of benzene rings is 3. The van der Waals surface area contributed by atoms with Gasteiger partial charge in [0.25, 0.3) is 0 Å². The topological polar surface area (TPSA) is 104 Å². The van der Waals surface area contributed by atoms with Crippen molar-refractivity contribution in [2.75, 3.05) is 0 Å². The number of hydrogen-bond acceptors (Lipinski definition) is 5. The summed E-state index contributed by atoms with van der Waals surface area (Å²) in [6, 6.07) is 8.05. The molecular formula is C29H28Br2O6. The Labute approximate surface area is 232 Å². The SMILES string of the molecule is CCc1cc(CC)c(Br)c(C2(c3c(O)c(CC)cc(CC)c3Br)OC(=O)c3cc(C(=O)O)ccc32)c1O. The van der Waals surface area contributed by atoms with Crippen molar-refractivity contribution in [2.24, 2.45) is 0 Å². The molecule has 0 aliphatic carbocycles. The summed E-state index contributed by atoms with van der Waals surface area (Å²) in [6.07, 6.45) is 2.32. The minimum absolute atomic E-state index is 0.0548. The number of aromatic carboxylic acids is 1. The van der Waals surface area contributed by atoms with Gasteiger partial charge in [0.05, 0.1) is 22.3 Å². The minimum Gasteiger partial charge on any atom is -0.507 e. The molecule has 4 rings (SSSR count). The van der Waals surface area contributed by atoms with E-state index >= 15 is 0 Å². The summed E-state index contributed by atoms with van der Waals surface area (Å²) in [5, 5.41) is 32.9. The third kappa shape index (κ3) is 4.05. The lowest BCUT2D eigenvalue weighted by Gasteiger charge is -2.35. The second-order valence-corrected chi connectivity index (χ2v) is 10.6. The molecule has 3 aromatic rings. The summed E-state index contributed by atoms with van der Waals surface area (Å²) in [5.41, 5.74) is 2.32. The Morgan fingerprint density at radius 3 is 1.68 bits per heavy atom. The zero-order valence-electron chi connectivity index (χ0n) is 21.0. The van der Waals surface area contributed by atoms with E-state index in [-0.39, 0.29) is 22.6 Å². The highest BCUT2D eigenvalue weighted by Crippen LogP contribution is 2.58. The van der Waals surface area contributed by atoms with Gasteiger partial charge in [0.2, 0.25) is 0 Å². The van der Waals surface area contributed by atoms with Gasteiger partial charge < -0.3 is 20.1 Å². The number of carboxylic acids is 1. The van der Waals surface area contributed by atoms with Gasteiger partial charge >= 0.3 is 11.9 Å². The average molecular weight is 632 g/mol. The summed E-state index contributed by atoms with van der Waals surface area (Å²) in [7, 11) is 0. The molecule has 1 heterocycles. The number of ether oxygens (including phenoxy) is 1. The molecule has 0 saturated heterocycles. The molecule has 3 aromatic carbocycles. The smallest absolute Gasteiger partial charge is 0.340 e. The lowest BCUT2D eigenvalue weighted by molar-refractivity contribution is 0.0234. The van der Waals surface area contributed by atoms with Crippen LogP contribution >= 0.6 is 31.9 Å². The monoisotopic (exact) mass is 630 g/mol. The van der Waals surface area contributed by atoms with Crippen LogP contribution in [0.4, 0.5) is 0 Å². The normalized spacial score (nSPS) is 13.9. The Kier molecular flexibility index (Phi) is 7.45. The lowest BCUT2D eigenvalue weighted by Crippen LogP contribution is -2.32. The van der Waals surface area contributed by atoms with E-state index in [1.165, 1.54) is 18.2 Å². The Morgan fingerprint density at radius 1 is 0.811 bits per heavy atom. The number of phenols is 2. The standard InChI is InChI=1S/C29H28Br2O6/c1-5-14-11-16(7-3)25(32)21(23(14)30)29(22-24(31)15(6-2)12-17(8-4)26(22)33)20-10-9-18(27(34)35)13-19(20)28(36)37-29/h9-13,32-33H,5-8H2,1-4H3,(H,34,35). The molecule has 0 saturated carbocycles. The molecule has 1 aliphatic heterocycles.